The second kappa shape index (κ2) is 9.28. The highest BCUT2D eigenvalue weighted by molar-refractivity contribution is 7.90. The van der Waals surface area contributed by atoms with Gasteiger partial charge in [-0.1, -0.05) is 66.7 Å². The molecule has 1 aromatic heterocycles. The fourth-order valence-electron chi connectivity index (χ4n) is 3.72. The van der Waals surface area contributed by atoms with Crippen LogP contribution < -0.4 is 10.1 Å². The van der Waals surface area contributed by atoms with E-state index in [1.165, 1.54) is 0 Å². The van der Waals surface area contributed by atoms with Gasteiger partial charge in [0.05, 0.1) is 17.8 Å². The lowest BCUT2D eigenvalue weighted by atomic mass is 10.2. The summed E-state index contributed by atoms with van der Waals surface area (Å²) in [7, 11) is -2.00. The molecule has 0 aliphatic rings. The van der Waals surface area contributed by atoms with Crippen molar-refractivity contribution < 1.29 is 17.9 Å². The highest BCUT2D eigenvalue weighted by atomic mass is 32.2. The molecule has 0 aliphatic heterocycles. The minimum absolute atomic E-state index is 0.0104. The zero-order chi connectivity index (χ0) is 22.6. The molecule has 7 heteroatoms. The van der Waals surface area contributed by atoms with E-state index in [0.717, 1.165) is 11.1 Å². The molecule has 0 atom stereocenters. The van der Waals surface area contributed by atoms with E-state index in [0.29, 0.717) is 23.2 Å². The zero-order valence-corrected chi connectivity index (χ0v) is 18.5. The quantitative estimate of drug-likeness (QED) is 0.443. The van der Waals surface area contributed by atoms with E-state index in [9.17, 15) is 13.2 Å². The maximum atomic E-state index is 13.2. The van der Waals surface area contributed by atoms with Gasteiger partial charge in [-0.25, -0.2) is 8.42 Å². The Labute approximate surface area is 187 Å². The van der Waals surface area contributed by atoms with Crippen molar-refractivity contribution in [2.75, 3.05) is 7.11 Å². The van der Waals surface area contributed by atoms with E-state index in [1.54, 1.807) is 42.1 Å². The van der Waals surface area contributed by atoms with Crippen molar-refractivity contribution in [2.24, 2.45) is 0 Å². The maximum absolute atomic E-state index is 13.2. The Kier molecular flexibility index (Phi) is 6.28. The molecule has 0 saturated carbocycles. The molecule has 32 heavy (non-hydrogen) atoms. The number of amides is 1. The Balaban J connectivity index is 1.57. The van der Waals surface area contributed by atoms with Gasteiger partial charge in [0.1, 0.15) is 12.3 Å². The van der Waals surface area contributed by atoms with Crippen LogP contribution in [0, 0.1) is 0 Å². The van der Waals surface area contributed by atoms with E-state index >= 15 is 0 Å². The SMILES string of the molecule is COc1ccccc1CNC(=O)Cn1cc(S(=O)(=O)Cc2ccccc2)c2ccccc21. The van der Waals surface area contributed by atoms with Crippen LogP contribution in [-0.2, 0) is 33.5 Å². The zero-order valence-electron chi connectivity index (χ0n) is 17.7. The van der Waals surface area contributed by atoms with Crippen LogP contribution in [-0.4, -0.2) is 26.0 Å². The summed E-state index contributed by atoms with van der Waals surface area (Å²) in [5.41, 5.74) is 2.29. The molecule has 0 fully saturated rings. The predicted molar refractivity (Wildman–Crippen MR) is 124 cm³/mol. The molecule has 0 bridgehead atoms. The molecule has 164 valence electrons. The second-order valence-corrected chi connectivity index (χ2v) is 9.43. The third kappa shape index (κ3) is 4.68. The summed E-state index contributed by atoms with van der Waals surface area (Å²) < 4.78 is 33.3. The number of hydrogen-bond donors (Lipinski definition) is 1. The first-order valence-electron chi connectivity index (χ1n) is 10.2. The van der Waals surface area contributed by atoms with Gasteiger partial charge in [0.2, 0.25) is 5.91 Å². The third-order valence-corrected chi connectivity index (χ3v) is 6.98. The summed E-state index contributed by atoms with van der Waals surface area (Å²) >= 11 is 0. The summed E-state index contributed by atoms with van der Waals surface area (Å²) in [6.45, 7) is 0.331. The highest BCUT2D eigenvalue weighted by Crippen LogP contribution is 2.28. The van der Waals surface area contributed by atoms with Gasteiger partial charge in [0.15, 0.2) is 9.84 Å². The predicted octanol–water partition coefficient (Wildman–Crippen LogP) is 3.94. The lowest BCUT2D eigenvalue weighted by molar-refractivity contribution is -0.121. The van der Waals surface area contributed by atoms with E-state index in [-0.39, 0.29) is 23.1 Å². The number of ether oxygens (including phenoxy) is 1. The summed E-state index contributed by atoms with van der Waals surface area (Å²) in [5, 5.41) is 3.50. The van der Waals surface area contributed by atoms with E-state index in [1.807, 2.05) is 54.6 Å². The maximum Gasteiger partial charge on any atom is 0.240 e. The summed E-state index contributed by atoms with van der Waals surface area (Å²) in [5.74, 6) is 0.388. The molecule has 6 nitrogen and oxygen atoms in total. The van der Waals surface area contributed by atoms with Crippen LogP contribution in [0.25, 0.3) is 10.9 Å². The topological polar surface area (TPSA) is 77.4 Å². The molecular weight excluding hydrogens is 424 g/mol. The number of aromatic nitrogens is 1. The number of nitrogens with zero attached hydrogens (tertiary/aromatic N) is 1. The molecule has 0 spiro atoms. The third-order valence-electron chi connectivity index (χ3n) is 5.27. The first kappa shape index (κ1) is 21.6. The number of fused-ring (bicyclic) bond motifs is 1. The van der Waals surface area contributed by atoms with Crippen LogP contribution in [0.1, 0.15) is 11.1 Å². The molecule has 1 amide bonds. The van der Waals surface area contributed by atoms with Gasteiger partial charge in [0, 0.05) is 29.2 Å². The van der Waals surface area contributed by atoms with Crippen LogP contribution in [0.4, 0.5) is 0 Å². The average molecular weight is 449 g/mol. The van der Waals surface area contributed by atoms with Crippen molar-refractivity contribution in [1.82, 2.24) is 9.88 Å². The number of rotatable bonds is 8. The van der Waals surface area contributed by atoms with Crippen LogP contribution in [0.2, 0.25) is 0 Å². The van der Waals surface area contributed by atoms with E-state index in [2.05, 4.69) is 5.32 Å². The first-order valence-corrected chi connectivity index (χ1v) is 11.9. The molecule has 4 aromatic rings. The monoisotopic (exact) mass is 448 g/mol. The molecule has 0 radical (unpaired) electrons. The molecule has 0 aliphatic carbocycles. The molecule has 4 rings (SSSR count). The summed E-state index contributed by atoms with van der Waals surface area (Å²) in [4.78, 5) is 12.9. The molecule has 1 heterocycles. The van der Waals surface area contributed by atoms with Crippen molar-refractivity contribution in [3.8, 4) is 5.75 Å². The Hall–Kier alpha value is -3.58. The lowest BCUT2D eigenvalue weighted by Gasteiger charge is -2.10. The van der Waals surface area contributed by atoms with Gasteiger partial charge < -0.3 is 14.6 Å². The van der Waals surface area contributed by atoms with Gasteiger partial charge in [0.25, 0.3) is 0 Å². The average Bonchev–Trinajstić information content (AvgIpc) is 3.17. The number of nitrogens with one attached hydrogen (secondary N) is 1. The number of benzene rings is 3. The van der Waals surface area contributed by atoms with Gasteiger partial charge in [-0.3, -0.25) is 4.79 Å². The number of sulfone groups is 1. The number of hydrogen-bond acceptors (Lipinski definition) is 4. The Morgan fingerprint density at radius 3 is 2.41 bits per heavy atom. The van der Waals surface area contributed by atoms with Crippen molar-refractivity contribution >= 4 is 26.6 Å². The molecular formula is C25H24N2O4S. The number of para-hydroxylation sites is 2. The lowest BCUT2D eigenvalue weighted by Crippen LogP contribution is -2.27. The fourth-order valence-corrected chi connectivity index (χ4v) is 5.30. The van der Waals surface area contributed by atoms with E-state index in [4.69, 9.17) is 4.74 Å². The Morgan fingerprint density at radius 1 is 0.938 bits per heavy atom. The van der Waals surface area contributed by atoms with Crippen molar-refractivity contribution in [3.05, 3.63) is 96.2 Å². The first-order chi connectivity index (χ1) is 15.5. The van der Waals surface area contributed by atoms with Gasteiger partial charge in [-0.2, -0.15) is 0 Å². The highest BCUT2D eigenvalue weighted by Gasteiger charge is 2.22. The van der Waals surface area contributed by atoms with Crippen LogP contribution in [0.3, 0.4) is 0 Å². The number of carbonyl (C=O) groups excluding carboxylic acids is 1. The summed E-state index contributed by atoms with van der Waals surface area (Å²) in [6.07, 6.45) is 1.56. The standard InChI is InChI=1S/C25H24N2O4S/c1-31-23-14-8-5-11-20(23)15-26-25(28)17-27-16-24(21-12-6-7-13-22(21)27)32(29,30)18-19-9-3-2-4-10-19/h2-14,16H,15,17-18H2,1H3,(H,26,28). The van der Waals surface area contributed by atoms with Crippen molar-refractivity contribution in [1.29, 1.82) is 0 Å². The minimum Gasteiger partial charge on any atom is -0.496 e. The smallest absolute Gasteiger partial charge is 0.240 e. The van der Waals surface area contributed by atoms with Gasteiger partial charge in [-0.15, -0.1) is 0 Å². The Bertz CT molecular complexity index is 1340. The fraction of sp³-hybridized carbons (Fsp3) is 0.160. The van der Waals surface area contributed by atoms with Crippen LogP contribution in [0.5, 0.6) is 5.75 Å². The van der Waals surface area contributed by atoms with Crippen LogP contribution in [0.15, 0.2) is 90.0 Å². The molecule has 1 N–H and O–H groups in total. The largest absolute Gasteiger partial charge is 0.496 e. The Morgan fingerprint density at radius 2 is 1.62 bits per heavy atom. The van der Waals surface area contributed by atoms with E-state index < -0.39 is 9.84 Å². The normalized spacial score (nSPS) is 11.4. The van der Waals surface area contributed by atoms with Gasteiger partial charge >= 0.3 is 0 Å². The second-order valence-electron chi connectivity index (χ2n) is 7.47. The molecule has 0 unspecified atom stereocenters. The van der Waals surface area contributed by atoms with Crippen molar-refractivity contribution in [2.45, 2.75) is 23.7 Å². The van der Waals surface area contributed by atoms with Crippen LogP contribution >= 0.6 is 0 Å². The molecule has 0 saturated heterocycles. The minimum atomic E-state index is -3.59. The van der Waals surface area contributed by atoms with Gasteiger partial charge in [-0.05, 0) is 17.7 Å². The number of methoxy groups -OCH3 is 1. The summed E-state index contributed by atoms with van der Waals surface area (Å²) in [6, 6.07) is 23.8. The van der Waals surface area contributed by atoms with Crippen molar-refractivity contribution in [3.63, 3.8) is 0 Å². The molecule has 3 aromatic carbocycles. The number of carbonyl (C=O) groups is 1.